The van der Waals surface area contributed by atoms with Crippen LogP contribution in [-0.2, 0) is 10.0 Å². The van der Waals surface area contributed by atoms with Gasteiger partial charge in [0.15, 0.2) is 0 Å². The van der Waals surface area contributed by atoms with Crippen molar-refractivity contribution in [2.75, 3.05) is 25.4 Å². The van der Waals surface area contributed by atoms with Crippen LogP contribution in [-0.4, -0.2) is 37.5 Å². The highest BCUT2D eigenvalue weighted by Gasteiger charge is 2.30. The Morgan fingerprint density at radius 1 is 1.50 bits per heavy atom. The number of nitrogen functional groups attached to an aromatic ring is 1. The number of benzene rings is 1. The molecular formula is C13H19FN2O3S. The minimum atomic E-state index is -3.69. The molecule has 1 saturated heterocycles. The van der Waals surface area contributed by atoms with E-state index in [2.05, 4.69) is 0 Å². The molecule has 112 valence electrons. The third kappa shape index (κ3) is 2.79. The molecule has 1 fully saturated rings. The lowest BCUT2D eigenvalue weighted by Gasteiger charge is -2.31. The van der Waals surface area contributed by atoms with Crippen LogP contribution in [0.25, 0.3) is 0 Å². The molecule has 0 aliphatic carbocycles. The quantitative estimate of drug-likeness (QED) is 0.819. The summed E-state index contributed by atoms with van der Waals surface area (Å²) in [6.07, 6.45) is 1.52. The van der Waals surface area contributed by atoms with Crippen molar-refractivity contribution in [2.45, 2.75) is 24.7 Å². The van der Waals surface area contributed by atoms with E-state index in [1.54, 1.807) is 0 Å². The van der Waals surface area contributed by atoms with Crippen LogP contribution in [0.4, 0.5) is 10.1 Å². The van der Waals surface area contributed by atoms with E-state index in [1.165, 1.54) is 17.3 Å². The maximum atomic E-state index is 13.5. The summed E-state index contributed by atoms with van der Waals surface area (Å²) in [7, 11) is -3.69. The highest BCUT2D eigenvalue weighted by molar-refractivity contribution is 7.89. The first-order valence-corrected chi connectivity index (χ1v) is 7.97. The summed E-state index contributed by atoms with van der Waals surface area (Å²) in [6, 6.07) is 2.45. The summed E-state index contributed by atoms with van der Waals surface area (Å²) in [5, 5.41) is 9.18. The molecule has 1 aromatic rings. The Labute approximate surface area is 118 Å². The molecule has 0 amide bonds. The number of sulfonamides is 1. The van der Waals surface area contributed by atoms with Crippen LogP contribution in [0.1, 0.15) is 18.4 Å². The van der Waals surface area contributed by atoms with Crippen molar-refractivity contribution >= 4 is 15.7 Å². The predicted octanol–water partition coefficient (Wildman–Crippen LogP) is 1.11. The van der Waals surface area contributed by atoms with E-state index < -0.39 is 15.8 Å². The average Bonchev–Trinajstić information content (AvgIpc) is 2.44. The van der Waals surface area contributed by atoms with Crippen LogP contribution in [0.3, 0.4) is 0 Å². The first kappa shape index (κ1) is 15.2. The Kier molecular flexibility index (Phi) is 4.31. The molecule has 1 aliphatic rings. The van der Waals surface area contributed by atoms with E-state index in [1.807, 2.05) is 0 Å². The van der Waals surface area contributed by atoms with Gasteiger partial charge in [-0.3, -0.25) is 0 Å². The minimum absolute atomic E-state index is 0.00693. The lowest BCUT2D eigenvalue weighted by Crippen LogP contribution is -2.40. The van der Waals surface area contributed by atoms with Crippen LogP contribution in [0.2, 0.25) is 0 Å². The number of anilines is 1. The van der Waals surface area contributed by atoms with Gasteiger partial charge < -0.3 is 10.8 Å². The maximum Gasteiger partial charge on any atom is 0.243 e. The molecule has 0 bridgehead atoms. The average molecular weight is 302 g/mol. The zero-order chi connectivity index (χ0) is 14.9. The molecule has 0 aromatic heterocycles. The standard InChI is InChI=1S/C13H19FN2O3S/c1-9-5-11(6-12(15)13(9)14)20(18,19)16-4-2-3-10(7-16)8-17/h5-6,10,17H,2-4,7-8,15H2,1H3. The normalized spacial score (nSPS) is 21.1. The Bertz CT molecular complexity index is 581. The highest BCUT2D eigenvalue weighted by atomic mass is 32.2. The lowest BCUT2D eigenvalue weighted by molar-refractivity contribution is 0.165. The molecule has 0 radical (unpaired) electrons. The van der Waals surface area contributed by atoms with Gasteiger partial charge >= 0.3 is 0 Å². The summed E-state index contributed by atoms with van der Waals surface area (Å²) in [5.74, 6) is -0.631. The second-order valence-electron chi connectivity index (χ2n) is 5.20. The van der Waals surface area contributed by atoms with Crippen LogP contribution < -0.4 is 5.73 Å². The van der Waals surface area contributed by atoms with Crippen molar-refractivity contribution in [3.63, 3.8) is 0 Å². The fourth-order valence-corrected chi connectivity index (χ4v) is 4.13. The van der Waals surface area contributed by atoms with Crippen LogP contribution in [0.5, 0.6) is 0 Å². The minimum Gasteiger partial charge on any atom is -0.396 e. The lowest BCUT2D eigenvalue weighted by atomic mass is 10.0. The van der Waals surface area contributed by atoms with E-state index in [9.17, 15) is 17.9 Å². The molecule has 1 aromatic carbocycles. The van der Waals surface area contributed by atoms with Gasteiger partial charge in [0.2, 0.25) is 10.0 Å². The molecule has 1 aliphatic heterocycles. The molecule has 1 atom stereocenters. The zero-order valence-corrected chi connectivity index (χ0v) is 12.2. The Hall–Kier alpha value is -1.18. The second-order valence-corrected chi connectivity index (χ2v) is 7.14. The van der Waals surface area contributed by atoms with E-state index >= 15 is 0 Å². The van der Waals surface area contributed by atoms with Gasteiger partial charge in [0.1, 0.15) is 5.82 Å². The molecule has 7 heteroatoms. The largest absolute Gasteiger partial charge is 0.396 e. The number of piperidine rings is 1. The second kappa shape index (κ2) is 5.67. The van der Waals surface area contributed by atoms with Crippen molar-refractivity contribution in [2.24, 2.45) is 5.92 Å². The first-order chi connectivity index (χ1) is 9.36. The number of nitrogens with two attached hydrogens (primary N) is 1. The third-order valence-electron chi connectivity index (χ3n) is 3.63. The van der Waals surface area contributed by atoms with Gasteiger partial charge in [0, 0.05) is 19.7 Å². The van der Waals surface area contributed by atoms with Crippen LogP contribution >= 0.6 is 0 Å². The predicted molar refractivity (Wildman–Crippen MR) is 74.1 cm³/mol. The van der Waals surface area contributed by atoms with Gasteiger partial charge in [-0.25, -0.2) is 12.8 Å². The Morgan fingerprint density at radius 2 is 2.20 bits per heavy atom. The van der Waals surface area contributed by atoms with Gasteiger partial charge in [0.05, 0.1) is 10.6 Å². The number of aryl methyl sites for hydroxylation is 1. The van der Waals surface area contributed by atoms with E-state index in [-0.39, 0.29) is 35.2 Å². The maximum absolute atomic E-state index is 13.5. The SMILES string of the molecule is Cc1cc(S(=O)(=O)N2CCCC(CO)C2)cc(N)c1F. The number of hydrogen-bond acceptors (Lipinski definition) is 4. The van der Waals surface area contributed by atoms with Gasteiger partial charge in [-0.15, -0.1) is 0 Å². The van der Waals surface area contributed by atoms with Gasteiger partial charge in [-0.05, 0) is 43.4 Å². The molecule has 0 spiro atoms. The number of halogens is 1. The fraction of sp³-hybridized carbons (Fsp3) is 0.538. The van der Waals surface area contributed by atoms with Crippen LogP contribution in [0.15, 0.2) is 17.0 Å². The number of aliphatic hydroxyl groups excluding tert-OH is 1. The number of aliphatic hydroxyl groups is 1. The number of rotatable bonds is 3. The molecule has 20 heavy (non-hydrogen) atoms. The summed E-state index contributed by atoms with van der Waals surface area (Å²) in [4.78, 5) is 0.00693. The molecule has 2 rings (SSSR count). The van der Waals surface area contributed by atoms with Crippen molar-refractivity contribution in [3.8, 4) is 0 Å². The molecule has 3 N–H and O–H groups in total. The van der Waals surface area contributed by atoms with Crippen molar-refractivity contribution in [1.29, 1.82) is 0 Å². The molecule has 1 heterocycles. The molecular weight excluding hydrogens is 283 g/mol. The van der Waals surface area contributed by atoms with Crippen molar-refractivity contribution in [3.05, 3.63) is 23.5 Å². The smallest absolute Gasteiger partial charge is 0.243 e. The van der Waals surface area contributed by atoms with Gasteiger partial charge in [-0.2, -0.15) is 4.31 Å². The molecule has 1 unspecified atom stereocenters. The monoisotopic (exact) mass is 302 g/mol. The Morgan fingerprint density at radius 3 is 2.80 bits per heavy atom. The fourth-order valence-electron chi connectivity index (χ4n) is 2.45. The third-order valence-corrected chi connectivity index (χ3v) is 5.48. The van der Waals surface area contributed by atoms with Gasteiger partial charge in [0.25, 0.3) is 0 Å². The van der Waals surface area contributed by atoms with Gasteiger partial charge in [-0.1, -0.05) is 0 Å². The van der Waals surface area contributed by atoms with E-state index in [0.29, 0.717) is 13.0 Å². The highest BCUT2D eigenvalue weighted by Crippen LogP contribution is 2.27. The zero-order valence-electron chi connectivity index (χ0n) is 11.3. The van der Waals surface area contributed by atoms with Crippen LogP contribution in [0, 0.1) is 18.7 Å². The number of hydrogen-bond donors (Lipinski definition) is 2. The van der Waals surface area contributed by atoms with E-state index in [4.69, 9.17) is 5.73 Å². The molecule has 0 saturated carbocycles. The van der Waals surface area contributed by atoms with E-state index in [0.717, 1.165) is 12.5 Å². The summed E-state index contributed by atoms with van der Waals surface area (Å²) >= 11 is 0. The van der Waals surface area contributed by atoms with Crippen molar-refractivity contribution < 1.29 is 17.9 Å². The first-order valence-electron chi connectivity index (χ1n) is 6.53. The number of nitrogens with zero attached hydrogens (tertiary/aromatic N) is 1. The Balaban J connectivity index is 2.35. The summed E-state index contributed by atoms with van der Waals surface area (Å²) in [5.41, 5.74) is 5.54. The molecule has 5 nitrogen and oxygen atoms in total. The summed E-state index contributed by atoms with van der Waals surface area (Å²) < 4.78 is 39.9. The topological polar surface area (TPSA) is 83.6 Å². The van der Waals surface area contributed by atoms with Crippen molar-refractivity contribution in [1.82, 2.24) is 4.31 Å². The summed E-state index contributed by atoms with van der Waals surface area (Å²) in [6.45, 7) is 2.15.